The maximum Gasteiger partial charge on any atom is 0.433 e. The summed E-state index contributed by atoms with van der Waals surface area (Å²) in [6.07, 6.45) is 1.08. The van der Waals surface area contributed by atoms with E-state index in [2.05, 4.69) is 32.7 Å². The van der Waals surface area contributed by atoms with Crippen molar-refractivity contribution in [3.8, 4) is 0 Å². The molecule has 0 bridgehead atoms. The van der Waals surface area contributed by atoms with Crippen molar-refractivity contribution in [1.29, 1.82) is 0 Å². The molecule has 10 heteroatoms. The fraction of sp³-hybridized carbons (Fsp3) is 0.542. The van der Waals surface area contributed by atoms with Crippen LogP contribution in [0.5, 0.6) is 0 Å². The molecule has 1 aromatic carbocycles. The molecule has 3 heterocycles. The Kier molecular flexibility index (Phi) is 7.88. The molecule has 6 nitrogen and oxygen atoms in total. The molecule has 2 fully saturated rings. The summed E-state index contributed by atoms with van der Waals surface area (Å²) >= 11 is 5.43. The van der Waals surface area contributed by atoms with Gasteiger partial charge in [-0.2, -0.15) is 18.2 Å². The van der Waals surface area contributed by atoms with Crippen molar-refractivity contribution in [3.05, 3.63) is 47.7 Å². The monoisotopic (exact) mass is 493 g/mol. The first kappa shape index (κ1) is 24.7. The molecule has 0 spiro atoms. The molecule has 0 atom stereocenters. The van der Waals surface area contributed by atoms with Crippen LogP contribution in [0.4, 0.5) is 24.9 Å². The first-order chi connectivity index (χ1) is 16.4. The van der Waals surface area contributed by atoms with E-state index in [9.17, 15) is 13.2 Å². The van der Waals surface area contributed by atoms with Gasteiger partial charge in [0.05, 0.1) is 0 Å². The highest BCUT2D eigenvalue weighted by Gasteiger charge is 2.36. The van der Waals surface area contributed by atoms with Gasteiger partial charge in [-0.1, -0.05) is 43.2 Å². The van der Waals surface area contributed by atoms with Crippen molar-refractivity contribution in [2.75, 3.05) is 43.1 Å². The van der Waals surface area contributed by atoms with Crippen LogP contribution in [0.15, 0.2) is 36.4 Å². The van der Waals surface area contributed by atoms with Crippen LogP contribution in [0.1, 0.15) is 49.8 Å². The molecule has 0 radical (unpaired) electrons. The van der Waals surface area contributed by atoms with Crippen molar-refractivity contribution in [3.63, 3.8) is 0 Å². The fourth-order valence-corrected chi connectivity index (χ4v) is 4.78. The van der Waals surface area contributed by atoms with Crippen molar-refractivity contribution >= 4 is 29.1 Å². The highest BCUT2D eigenvalue weighted by Crippen LogP contribution is 2.34. The molecule has 2 aromatic rings. The molecule has 0 aliphatic carbocycles. The van der Waals surface area contributed by atoms with Crippen LogP contribution in [0.3, 0.4) is 0 Å². The number of hydrogen-bond acceptors (Lipinski definition) is 5. The van der Waals surface area contributed by atoms with E-state index in [4.69, 9.17) is 17.0 Å². The SMILES string of the molecule is FC(F)(F)c1cc(N2CCCCCC2)nc(NC(=S)NCC2(c3ccccc3)CCOCC2)n1. The van der Waals surface area contributed by atoms with Gasteiger partial charge in [0.15, 0.2) is 10.8 Å². The number of anilines is 2. The average molecular weight is 494 g/mol. The summed E-state index contributed by atoms with van der Waals surface area (Å²) in [4.78, 5) is 9.99. The van der Waals surface area contributed by atoms with Gasteiger partial charge in [-0.15, -0.1) is 0 Å². The molecule has 2 aliphatic rings. The van der Waals surface area contributed by atoms with Crippen molar-refractivity contribution in [2.24, 2.45) is 0 Å². The van der Waals surface area contributed by atoms with Gasteiger partial charge in [-0.3, -0.25) is 0 Å². The summed E-state index contributed by atoms with van der Waals surface area (Å²) in [5, 5.41) is 6.19. The molecule has 4 rings (SSSR count). The number of ether oxygens (including phenoxy) is 1. The molecular formula is C24H30F3N5OS. The normalized spacial score (nSPS) is 18.7. The van der Waals surface area contributed by atoms with E-state index in [1.165, 1.54) is 5.56 Å². The molecule has 184 valence electrons. The van der Waals surface area contributed by atoms with E-state index in [0.717, 1.165) is 44.6 Å². The van der Waals surface area contributed by atoms with Gasteiger partial charge in [0, 0.05) is 44.3 Å². The Balaban J connectivity index is 1.49. The van der Waals surface area contributed by atoms with Gasteiger partial charge in [-0.25, -0.2) is 4.98 Å². The molecule has 2 N–H and O–H groups in total. The van der Waals surface area contributed by atoms with Crippen LogP contribution in [0.2, 0.25) is 0 Å². The zero-order chi connectivity index (χ0) is 24.0. The molecule has 2 saturated heterocycles. The largest absolute Gasteiger partial charge is 0.433 e. The first-order valence-electron chi connectivity index (χ1n) is 11.8. The minimum atomic E-state index is -4.57. The quantitative estimate of drug-likeness (QED) is 0.574. The number of hydrogen-bond donors (Lipinski definition) is 2. The molecular weight excluding hydrogens is 463 g/mol. The lowest BCUT2D eigenvalue weighted by Crippen LogP contribution is -2.45. The third-order valence-corrected chi connectivity index (χ3v) is 6.83. The minimum Gasteiger partial charge on any atom is -0.381 e. The summed E-state index contributed by atoms with van der Waals surface area (Å²) in [5.74, 6) is 0.132. The Morgan fingerprint density at radius 2 is 1.71 bits per heavy atom. The lowest BCUT2D eigenvalue weighted by molar-refractivity contribution is -0.141. The maximum absolute atomic E-state index is 13.6. The second kappa shape index (κ2) is 10.9. The number of nitrogens with zero attached hydrogens (tertiary/aromatic N) is 3. The topological polar surface area (TPSA) is 62.3 Å². The molecule has 34 heavy (non-hydrogen) atoms. The van der Waals surface area contributed by atoms with Crippen LogP contribution in [-0.2, 0) is 16.3 Å². The second-order valence-electron chi connectivity index (χ2n) is 8.90. The number of thiocarbonyl (C=S) groups is 1. The Morgan fingerprint density at radius 1 is 1.03 bits per heavy atom. The number of halogens is 3. The van der Waals surface area contributed by atoms with E-state index in [1.54, 1.807) is 0 Å². The Hall–Kier alpha value is -2.46. The van der Waals surface area contributed by atoms with Gasteiger partial charge in [0.2, 0.25) is 5.95 Å². The van der Waals surface area contributed by atoms with Crippen molar-refractivity contribution in [1.82, 2.24) is 15.3 Å². The number of alkyl halides is 3. The summed E-state index contributed by atoms with van der Waals surface area (Å²) in [7, 11) is 0. The third kappa shape index (κ3) is 6.15. The first-order valence-corrected chi connectivity index (χ1v) is 12.2. The van der Waals surface area contributed by atoms with Gasteiger partial charge >= 0.3 is 6.18 Å². The predicted molar refractivity (Wildman–Crippen MR) is 130 cm³/mol. The summed E-state index contributed by atoms with van der Waals surface area (Å²) < 4.78 is 46.3. The molecule has 0 unspecified atom stereocenters. The zero-order valence-electron chi connectivity index (χ0n) is 19.0. The van der Waals surface area contributed by atoms with E-state index >= 15 is 0 Å². The molecule has 0 saturated carbocycles. The zero-order valence-corrected chi connectivity index (χ0v) is 19.9. The average Bonchev–Trinajstić information content (AvgIpc) is 3.13. The Labute approximate surface area is 203 Å². The molecule has 2 aliphatic heterocycles. The van der Waals surface area contributed by atoms with Crippen LogP contribution in [-0.4, -0.2) is 47.9 Å². The number of nitrogens with one attached hydrogen (secondary N) is 2. The molecule has 1 aromatic heterocycles. The fourth-order valence-electron chi connectivity index (χ4n) is 4.61. The number of benzene rings is 1. The van der Waals surface area contributed by atoms with Crippen LogP contribution < -0.4 is 15.5 Å². The van der Waals surface area contributed by atoms with E-state index in [1.807, 2.05) is 23.1 Å². The second-order valence-corrected chi connectivity index (χ2v) is 9.31. The Bertz CT molecular complexity index is 959. The third-order valence-electron chi connectivity index (χ3n) is 6.58. The lowest BCUT2D eigenvalue weighted by atomic mass is 9.74. The van der Waals surface area contributed by atoms with E-state index < -0.39 is 11.9 Å². The van der Waals surface area contributed by atoms with Gasteiger partial charge in [0.1, 0.15) is 5.82 Å². The highest BCUT2D eigenvalue weighted by molar-refractivity contribution is 7.80. The minimum absolute atomic E-state index is 0.146. The predicted octanol–water partition coefficient (Wildman–Crippen LogP) is 4.91. The molecule has 0 amide bonds. The highest BCUT2D eigenvalue weighted by atomic mass is 32.1. The summed E-state index contributed by atoms with van der Waals surface area (Å²) in [6.45, 7) is 3.18. The van der Waals surface area contributed by atoms with Crippen LogP contribution in [0, 0.1) is 0 Å². The maximum atomic E-state index is 13.6. The lowest BCUT2D eigenvalue weighted by Gasteiger charge is -2.38. The van der Waals surface area contributed by atoms with E-state index in [-0.39, 0.29) is 22.3 Å². The van der Waals surface area contributed by atoms with Crippen molar-refractivity contribution < 1.29 is 17.9 Å². The summed E-state index contributed by atoms with van der Waals surface area (Å²) in [6, 6.07) is 11.2. The van der Waals surface area contributed by atoms with E-state index in [0.29, 0.717) is 32.8 Å². The van der Waals surface area contributed by atoms with Gasteiger partial charge in [-0.05, 0) is 43.5 Å². The Morgan fingerprint density at radius 3 is 2.35 bits per heavy atom. The van der Waals surface area contributed by atoms with Gasteiger partial charge in [0.25, 0.3) is 0 Å². The number of aromatic nitrogens is 2. The van der Waals surface area contributed by atoms with Crippen LogP contribution >= 0.6 is 12.2 Å². The van der Waals surface area contributed by atoms with Crippen molar-refractivity contribution in [2.45, 2.75) is 50.1 Å². The number of rotatable bonds is 5. The smallest absolute Gasteiger partial charge is 0.381 e. The summed E-state index contributed by atoms with van der Waals surface area (Å²) in [5.41, 5.74) is 0.0431. The van der Waals surface area contributed by atoms with Gasteiger partial charge < -0.3 is 20.3 Å². The van der Waals surface area contributed by atoms with Crippen LogP contribution in [0.25, 0.3) is 0 Å². The standard InChI is InChI=1S/C24H30F3N5OS/c25-24(26,27)19-16-20(32-12-6-1-2-7-13-32)30-21(29-19)31-22(34)28-17-23(10-14-33-15-11-23)18-8-4-3-5-9-18/h3-5,8-9,16H,1-2,6-7,10-15,17H2,(H2,28,29,30,31,34).